The molecule has 1 aromatic heterocycles. The molecule has 0 atom stereocenters. The van der Waals surface area contributed by atoms with Crippen LogP contribution in [0.3, 0.4) is 0 Å². The first-order valence-corrected chi connectivity index (χ1v) is 7.95. The van der Waals surface area contributed by atoms with Crippen molar-refractivity contribution < 1.29 is 9.15 Å². The highest BCUT2D eigenvalue weighted by atomic mass is 79.9. The monoisotopic (exact) mass is 351 g/mol. The van der Waals surface area contributed by atoms with Crippen LogP contribution in [0.2, 0.25) is 0 Å². The number of hydrogen-bond acceptors (Lipinski definition) is 3. The molecule has 1 N–H and O–H groups in total. The van der Waals surface area contributed by atoms with Gasteiger partial charge in [-0.25, -0.2) is 0 Å². The van der Waals surface area contributed by atoms with Gasteiger partial charge in [-0.3, -0.25) is 0 Å². The minimum atomic E-state index is 0.448. The third kappa shape index (κ3) is 4.61. The molecule has 0 saturated heterocycles. The highest BCUT2D eigenvalue weighted by Crippen LogP contribution is 2.23. The molecule has 0 aliphatic carbocycles. The van der Waals surface area contributed by atoms with E-state index in [9.17, 15) is 0 Å². The van der Waals surface area contributed by atoms with E-state index < -0.39 is 0 Å². The summed E-state index contributed by atoms with van der Waals surface area (Å²) >= 11 is 3.49. The predicted octanol–water partition coefficient (Wildman–Crippen LogP) is 4.74. The van der Waals surface area contributed by atoms with Gasteiger partial charge < -0.3 is 14.5 Å². The maximum atomic E-state index is 5.79. The van der Waals surface area contributed by atoms with Crippen LogP contribution in [0, 0.1) is 13.8 Å². The molecule has 1 aromatic carbocycles. The smallest absolute Gasteiger partial charge is 0.146 e. The molecule has 0 amide bonds. The average molecular weight is 352 g/mol. The van der Waals surface area contributed by atoms with Crippen LogP contribution in [-0.2, 0) is 13.2 Å². The Bertz CT molecular complexity index is 605. The summed E-state index contributed by atoms with van der Waals surface area (Å²) < 4.78 is 12.6. The number of benzene rings is 1. The van der Waals surface area contributed by atoms with Gasteiger partial charge in [0.2, 0.25) is 0 Å². The molecular formula is C17H22BrNO2. The van der Waals surface area contributed by atoms with Crippen LogP contribution >= 0.6 is 15.9 Å². The van der Waals surface area contributed by atoms with E-state index in [0.29, 0.717) is 12.6 Å². The lowest BCUT2D eigenvalue weighted by Crippen LogP contribution is -2.21. The number of ether oxygens (including phenoxy) is 1. The molecule has 0 aliphatic rings. The van der Waals surface area contributed by atoms with E-state index >= 15 is 0 Å². The van der Waals surface area contributed by atoms with Gasteiger partial charge in [0.25, 0.3) is 0 Å². The number of hydrogen-bond donors (Lipinski definition) is 1. The maximum absolute atomic E-state index is 5.79. The zero-order chi connectivity index (χ0) is 15.4. The minimum Gasteiger partial charge on any atom is -0.486 e. The zero-order valence-corrected chi connectivity index (χ0v) is 14.6. The lowest BCUT2D eigenvalue weighted by Gasteiger charge is -2.06. The van der Waals surface area contributed by atoms with Gasteiger partial charge >= 0.3 is 0 Å². The van der Waals surface area contributed by atoms with Crippen LogP contribution in [0.15, 0.2) is 33.2 Å². The Hall–Kier alpha value is -1.26. The second-order valence-corrected chi connectivity index (χ2v) is 6.38. The third-order valence-electron chi connectivity index (χ3n) is 3.28. The van der Waals surface area contributed by atoms with Crippen molar-refractivity contribution in [1.82, 2.24) is 5.32 Å². The Morgan fingerprint density at radius 1 is 1.24 bits per heavy atom. The third-order valence-corrected chi connectivity index (χ3v) is 4.17. The first-order chi connectivity index (χ1) is 9.95. The van der Waals surface area contributed by atoms with Crippen LogP contribution in [0.5, 0.6) is 5.75 Å². The maximum Gasteiger partial charge on any atom is 0.146 e. The summed E-state index contributed by atoms with van der Waals surface area (Å²) in [5.74, 6) is 2.66. The van der Waals surface area contributed by atoms with E-state index in [1.807, 2.05) is 32.0 Å². The largest absolute Gasteiger partial charge is 0.486 e. The highest BCUT2D eigenvalue weighted by molar-refractivity contribution is 9.10. The highest BCUT2D eigenvalue weighted by Gasteiger charge is 2.08. The van der Waals surface area contributed by atoms with Crippen LogP contribution in [0.25, 0.3) is 0 Å². The number of nitrogens with one attached hydrogen (secondary N) is 1. The van der Waals surface area contributed by atoms with Gasteiger partial charge in [-0.15, -0.1) is 0 Å². The quantitative estimate of drug-likeness (QED) is 0.816. The molecule has 0 unspecified atom stereocenters. The summed E-state index contributed by atoms with van der Waals surface area (Å²) in [4.78, 5) is 0. The van der Waals surface area contributed by atoms with Gasteiger partial charge in [-0.05, 0) is 43.7 Å². The predicted molar refractivity (Wildman–Crippen MR) is 88.6 cm³/mol. The summed E-state index contributed by atoms with van der Waals surface area (Å²) in [5, 5.41) is 3.40. The Morgan fingerprint density at radius 3 is 2.67 bits per heavy atom. The first kappa shape index (κ1) is 16.1. The van der Waals surface area contributed by atoms with Crippen molar-refractivity contribution >= 4 is 15.9 Å². The number of furan rings is 1. The second-order valence-electron chi connectivity index (χ2n) is 5.53. The first-order valence-electron chi connectivity index (χ1n) is 7.16. The molecule has 114 valence electrons. The Balaban J connectivity index is 1.96. The van der Waals surface area contributed by atoms with E-state index in [4.69, 9.17) is 9.15 Å². The molecule has 0 bridgehead atoms. The molecule has 0 radical (unpaired) electrons. The van der Waals surface area contributed by atoms with Crippen molar-refractivity contribution in [3.8, 4) is 5.75 Å². The fraction of sp³-hybridized carbons (Fsp3) is 0.412. The molecule has 2 aromatic rings. The topological polar surface area (TPSA) is 34.4 Å². The van der Waals surface area contributed by atoms with E-state index in [2.05, 4.69) is 41.2 Å². The fourth-order valence-corrected chi connectivity index (χ4v) is 2.26. The summed E-state index contributed by atoms with van der Waals surface area (Å²) in [6, 6.07) is 8.49. The van der Waals surface area contributed by atoms with E-state index in [0.717, 1.165) is 33.9 Å². The summed E-state index contributed by atoms with van der Waals surface area (Å²) in [5.41, 5.74) is 2.35. The van der Waals surface area contributed by atoms with Gasteiger partial charge in [0.1, 0.15) is 23.9 Å². The molecule has 4 heteroatoms. The minimum absolute atomic E-state index is 0.448. The second kappa shape index (κ2) is 7.14. The standard InChI is InChI=1S/C17H22BrNO2/c1-11(2)19-9-14-8-16(21-13(14)4)10-20-15-5-6-17(18)12(3)7-15/h5-8,11,19H,9-10H2,1-4H3. The average Bonchev–Trinajstić information content (AvgIpc) is 2.78. The normalized spacial score (nSPS) is 11.1. The van der Waals surface area contributed by atoms with Crippen LogP contribution in [-0.4, -0.2) is 6.04 Å². The van der Waals surface area contributed by atoms with Gasteiger partial charge in [-0.2, -0.15) is 0 Å². The molecule has 0 aliphatic heterocycles. The van der Waals surface area contributed by atoms with Crippen molar-refractivity contribution in [2.24, 2.45) is 0 Å². The van der Waals surface area contributed by atoms with E-state index in [1.54, 1.807) is 0 Å². The van der Waals surface area contributed by atoms with E-state index in [1.165, 1.54) is 5.56 Å². The van der Waals surface area contributed by atoms with Crippen molar-refractivity contribution in [2.75, 3.05) is 0 Å². The lowest BCUT2D eigenvalue weighted by atomic mass is 10.2. The molecular weight excluding hydrogens is 330 g/mol. The molecule has 21 heavy (non-hydrogen) atoms. The van der Waals surface area contributed by atoms with Crippen molar-refractivity contribution in [1.29, 1.82) is 0 Å². The Kier molecular flexibility index (Phi) is 5.48. The fourth-order valence-electron chi connectivity index (χ4n) is 2.01. The van der Waals surface area contributed by atoms with Gasteiger partial charge in [0.05, 0.1) is 0 Å². The van der Waals surface area contributed by atoms with Crippen LogP contribution in [0.1, 0.15) is 36.5 Å². The molecule has 0 fully saturated rings. The number of aryl methyl sites for hydroxylation is 2. The lowest BCUT2D eigenvalue weighted by molar-refractivity contribution is 0.267. The number of halogens is 1. The van der Waals surface area contributed by atoms with Gasteiger partial charge in [-0.1, -0.05) is 29.8 Å². The van der Waals surface area contributed by atoms with Gasteiger partial charge in [0, 0.05) is 22.6 Å². The molecule has 0 spiro atoms. The zero-order valence-electron chi connectivity index (χ0n) is 13.0. The molecule has 0 saturated carbocycles. The van der Waals surface area contributed by atoms with Crippen molar-refractivity contribution in [3.05, 3.63) is 51.4 Å². The Morgan fingerprint density at radius 2 is 2.00 bits per heavy atom. The van der Waals surface area contributed by atoms with Crippen molar-refractivity contribution in [2.45, 2.75) is 46.9 Å². The molecule has 2 rings (SSSR count). The van der Waals surface area contributed by atoms with Crippen LogP contribution < -0.4 is 10.1 Å². The summed E-state index contributed by atoms with van der Waals surface area (Å²) in [7, 11) is 0. The SMILES string of the molecule is Cc1cc(OCc2cc(CNC(C)C)c(C)o2)ccc1Br. The summed E-state index contributed by atoms with van der Waals surface area (Å²) in [6.45, 7) is 9.58. The van der Waals surface area contributed by atoms with Crippen LogP contribution in [0.4, 0.5) is 0 Å². The van der Waals surface area contributed by atoms with Crippen molar-refractivity contribution in [3.63, 3.8) is 0 Å². The van der Waals surface area contributed by atoms with E-state index in [-0.39, 0.29) is 0 Å². The molecule has 1 heterocycles. The number of rotatable bonds is 6. The summed E-state index contributed by atoms with van der Waals surface area (Å²) in [6.07, 6.45) is 0. The van der Waals surface area contributed by atoms with Gasteiger partial charge in [0.15, 0.2) is 0 Å². The molecule has 3 nitrogen and oxygen atoms in total. The Labute approximate surface area is 134 Å².